The van der Waals surface area contributed by atoms with Crippen LogP contribution in [0.15, 0.2) is 24.3 Å². The zero-order valence-corrected chi connectivity index (χ0v) is 18.0. The first kappa shape index (κ1) is 21.5. The molecule has 1 aromatic rings. The van der Waals surface area contributed by atoms with Gasteiger partial charge >= 0.3 is 6.03 Å². The number of hydrogen-bond donors (Lipinski definition) is 4. The molecule has 29 heavy (non-hydrogen) atoms. The van der Waals surface area contributed by atoms with Gasteiger partial charge < -0.3 is 21.3 Å². The van der Waals surface area contributed by atoms with Crippen LogP contribution in [0, 0.1) is 0 Å². The zero-order chi connectivity index (χ0) is 21.0. The van der Waals surface area contributed by atoms with E-state index in [0.29, 0.717) is 22.9 Å². The number of para-hydroxylation sites is 1. The second kappa shape index (κ2) is 9.07. The molecule has 0 bridgehead atoms. The number of hydrogen-bond acceptors (Lipinski definition) is 4. The highest BCUT2D eigenvalue weighted by Gasteiger charge is 2.42. The molecule has 2 fully saturated rings. The van der Waals surface area contributed by atoms with Crippen LogP contribution in [0.2, 0.25) is 0 Å². The molecule has 0 unspecified atom stereocenters. The molecule has 3 atom stereocenters. The van der Waals surface area contributed by atoms with E-state index < -0.39 is 0 Å². The van der Waals surface area contributed by atoms with Crippen LogP contribution in [0.1, 0.15) is 56.8 Å². The van der Waals surface area contributed by atoms with Gasteiger partial charge in [0.1, 0.15) is 0 Å². The SMILES string of the molecule is CC(C)(C)NC(=O)c1ccccc1NC(=O)CCCC[C@@H]1SC[C@@H]2NC(=O)N[C@@H]21. The monoisotopic (exact) mass is 418 g/mol. The molecule has 7 nitrogen and oxygen atoms in total. The fourth-order valence-electron chi connectivity index (χ4n) is 3.68. The van der Waals surface area contributed by atoms with Crippen LogP contribution in [-0.2, 0) is 4.79 Å². The molecule has 2 heterocycles. The number of carbonyl (C=O) groups is 3. The van der Waals surface area contributed by atoms with Crippen LogP contribution >= 0.6 is 11.8 Å². The van der Waals surface area contributed by atoms with Crippen molar-refractivity contribution in [3.05, 3.63) is 29.8 Å². The summed E-state index contributed by atoms with van der Waals surface area (Å²) in [6.45, 7) is 5.76. The summed E-state index contributed by atoms with van der Waals surface area (Å²) in [5, 5.41) is 12.1. The van der Waals surface area contributed by atoms with Gasteiger partial charge in [0.05, 0.1) is 23.3 Å². The maximum absolute atomic E-state index is 12.5. The minimum atomic E-state index is -0.347. The maximum atomic E-state index is 12.5. The van der Waals surface area contributed by atoms with Crippen LogP contribution in [0.4, 0.5) is 10.5 Å². The lowest BCUT2D eigenvalue weighted by molar-refractivity contribution is -0.116. The zero-order valence-electron chi connectivity index (χ0n) is 17.2. The summed E-state index contributed by atoms with van der Waals surface area (Å²) in [4.78, 5) is 36.3. The maximum Gasteiger partial charge on any atom is 0.315 e. The van der Waals surface area contributed by atoms with Crippen molar-refractivity contribution in [2.24, 2.45) is 0 Å². The minimum Gasteiger partial charge on any atom is -0.347 e. The molecule has 4 amide bonds. The number of fused-ring (bicyclic) bond motifs is 1. The third-order valence-corrected chi connectivity index (χ3v) is 6.52. The minimum absolute atomic E-state index is 0.0705. The average molecular weight is 419 g/mol. The second-order valence-electron chi connectivity index (χ2n) is 8.67. The summed E-state index contributed by atoms with van der Waals surface area (Å²) in [7, 11) is 0. The van der Waals surface area contributed by atoms with Gasteiger partial charge in [0.25, 0.3) is 5.91 Å². The van der Waals surface area contributed by atoms with Crippen molar-refractivity contribution in [2.45, 2.75) is 69.3 Å². The summed E-state index contributed by atoms with van der Waals surface area (Å²) in [5.41, 5.74) is 0.654. The van der Waals surface area contributed by atoms with Crippen molar-refractivity contribution in [3.63, 3.8) is 0 Å². The van der Waals surface area contributed by atoms with Crippen molar-refractivity contribution >= 4 is 35.3 Å². The molecule has 2 aliphatic heterocycles. The number of amides is 4. The van der Waals surface area contributed by atoms with Gasteiger partial charge in [-0.05, 0) is 45.7 Å². The highest BCUT2D eigenvalue weighted by atomic mass is 32.2. The molecule has 8 heteroatoms. The summed E-state index contributed by atoms with van der Waals surface area (Å²) in [6, 6.07) is 7.43. The number of unbranched alkanes of at least 4 members (excludes halogenated alkanes) is 1. The normalized spacial score (nSPS) is 23.1. The Labute approximate surface area is 176 Å². The Kier molecular flexibility index (Phi) is 6.72. The van der Waals surface area contributed by atoms with Crippen molar-refractivity contribution in [1.82, 2.24) is 16.0 Å². The van der Waals surface area contributed by atoms with Crippen LogP contribution in [0.3, 0.4) is 0 Å². The topological polar surface area (TPSA) is 99.3 Å². The summed E-state index contributed by atoms with van der Waals surface area (Å²) < 4.78 is 0. The number of urea groups is 1. The predicted octanol–water partition coefficient (Wildman–Crippen LogP) is 2.88. The fraction of sp³-hybridized carbons (Fsp3) is 0.571. The first-order valence-corrected chi connectivity index (χ1v) is 11.2. The quantitative estimate of drug-likeness (QED) is 0.404. The number of carbonyl (C=O) groups excluding carboxylic acids is 3. The molecule has 1 aromatic carbocycles. The molecule has 2 aliphatic rings. The molecule has 0 radical (unpaired) electrons. The second-order valence-corrected chi connectivity index (χ2v) is 9.94. The number of anilines is 1. The van der Waals surface area contributed by atoms with Gasteiger partial charge in [0.2, 0.25) is 5.91 Å². The molecule has 0 saturated carbocycles. The van der Waals surface area contributed by atoms with Crippen LogP contribution in [0.25, 0.3) is 0 Å². The Bertz CT molecular complexity index is 777. The Morgan fingerprint density at radius 3 is 2.69 bits per heavy atom. The highest BCUT2D eigenvalue weighted by Crippen LogP contribution is 2.33. The highest BCUT2D eigenvalue weighted by molar-refractivity contribution is 8.00. The molecular formula is C21H30N4O3S. The lowest BCUT2D eigenvalue weighted by Gasteiger charge is -2.21. The van der Waals surface area contributed by atoms with E-state index in [4.69, 9.17) is 0 Å². The first-order valence-electron chi connectivity index (χ1n) is 10.1. The molecule has 2 saturated heterocycles. The van der Waals surface area contributed by atoms with E-state index in [9.17, 15) is 14.4 Å². The van der Waals surface area contributed by atoms with Gasteiger partial charge in [-0.1, -0.05) is 18.6 Å². The van der Waals surface area contributed by atoms with Crippen molar-refractivity contribution in [3.8, 4) is 0 Å². The van der Waals surface area contributed by atoms with Gasteiger partial charge in [-0.2, -0.15) is 11.8 Å². The first-order chi connectivity index (χ1) is 13.7. The average Bonchev–Trinajstić information content (AvgIpc) is 3.17. The van der Waals surface area contributed by atoms with Crippen LogP contribution in [0.5, 0.6) is 0 Å². The number of nitrogens with one attached hydrogen (secondary N) is 4. The largest absolute Gasteiger partial charge is 0.347 e. The number of benzene rings is 1. The molecule has 0 aliphatic carbocycles. The molecule has 0 spiro atoms. The number of thioether (sulfide) groups is 1. The number of rotatable bonds is 7. The van der Waals surface area contributed by atoms with E-state index in [1.165, 1.54) is 0 Å². The van der Waals surface area contributed by atoms with Gasteiger partial charge in [0.15, 0.2) is 0 Å². The summed E-state index contributed by atoms with van der Waals surface area (Å²) >= 11 is 1.89. The molecule has 0 aromatic heterocycles. The lowest BCUT2D eigenvalue weighted by atomic mass is 10.0. The molecule has 3 rings (SSSR count). The van der Waals surface area contributed by atoms with Gasteiger partial charge in [-0.25, -0.2) is 4.79 Å². The van der Waals surface area contributed by atoms with Gasteiger partial charge in [-0.15, -0.1) is 0 Å². The third-order valence-electron chi connectivity index (χ3n) is 5.01. The van der Waals surface area contributed by atoms with E-state index in [2.05, 4.69) is 21.3 Å². The molecular weight excluding hydrogens is 388 g/mol. The van der Waals surface area contributed by atoms with Crippen LogP contribution in [-0.4, -0.2) is 46.5 Å². The smallest absolute Gasteiger partial charge is 0.315 e. The Hall–Kier alpha value is -2.22. The van der Waals surface area contributed by atoms with Gasteiger partial charge in [0, 0.05) is 23.0 Å². The van der Waals surface area contributed by atoms with Crippen molar-refractivity contribution in [2.75, 3.05) is 11.1 Å². The predicted molar refractivity (Wildman–Crippen MR) is 116 cm³/mol. The van der Waals surface area contributed by atoms with E-state index in [-0.39, 0.29) is 35.5 Å². The molecule has 4 N–H and O–H groups in total. The Morgan fingerprint density at radius 2 is 1.93 bits per heavy atom. The third kappa shape index (κ3) is 5.88. The summed E-state index contributed by atoms with van der Waals surface area (Å²) in [6.07, 6.45) is 3.09. The standard InChI is InChI=1S/C21H30N4O3S/c1-21(2,3)25-19(27)13-8-4-5-9-14(13)22-17(26)11-7-6-10-16-18-15(12-29-16)23-20(28)24-18/h4-5,8-9,15-16,18H,6-7,10-12H2,1-3H3,(H,22,26)(H,25,27)(H2,23,24,28)/t15-,16-,18-/m0/s1. The van der Waals surface area contributed by atoms with Crippen molar-refractivity contribution < 1.29 is 14.4 Å². The lowest BCUT2D eigenvalue weighted by Crippen LogP contribution is -2.40. The van der Waals surface area contributed by atoms with Crippen LogP contribution < -0.4 is 21.3 Å². The van der Waals surface area contributed by atoms with Gasteiger partial charge in [-0.3, -0.25) is 9.59 Å². The van der Waals surface area contributed by atoms with Crippen molar-refractivity contribution in [1.29, 1.82) is 0 Å². The van der Waals surface area contributed by atoms with E-state index in [1.54, 1.807) is 24.3 Å². The Balaban J connectivity index is 1.44. The fourth-order valence-corrected chi connectivity index (χ4v) is 5.23. The Morgan fingerprint density at radius 1 is 1.17 bits per heavy atom. The van der Waals surface area contributed by atoms with E-state index in [1.807, 2.05) is 32.5 Å². The van der Waals surface area contributed by atoms with E-state index in [0.717, 1.165) is 25.0 Å². The van der Waals surface area contributed by atoms with E-state index >= 15 is 0 Å². The summed E-state index contributed by atoms with van der Waals surface area (Å²) in [5.74, 6) is 0.657. The molecule has 158 valence electrons.